The summed E-state index contributed by atoms with van der Waals surface area (Å²) in [6.45, 7) is -0.357. The Morgan fingerprint density at radius 1 is 0.581 bits per heavy atom. The van der Waals surface area contributed by atoms with E-state index in [1.54, 1.807) is 87.5 Å². The molecule has 0 fully saturated rings. The third-order valence-electron chi connectivity index (χ3n) is 13.3. The molecule has 466 valence electrons. The van der Waals surface area contributed by atoms with E-state index in [2.05, 4.69) is 52.2 Å². The maximum absolute atomic E-state index is 13.8. The number of hydrogen-bond donors (Lipinski definition) is 15. The molecule has 0 saturated carbocycles. The van der Waals surface area contributed by atoms with Crippen LogP contribution in [0.25, 0.3) is 0 Å². The van der Waals surface area contributed by atoms with Gasteiger partial charge in [0, 0.05) is 110 Å². The second-order valence-electron chi connectivity index (χ2n) is 19.9. The van der Waals surface area contributed by atoms with E-state index in [1.165, 1.54) is 19.4 Å². The number of aliphatic hydroxyl groups excluding tert-OH is 2. The normalized spacial score (nSPS) is 15.5. The number of carbonyl (C=O) groups is 10. The molecular formula is C54H69GdN13O17S. The smallest absolute Gasteiger partial charge is 0.328 e. The predicted octanol–water partition coefficient (Wildman–Crippen LogP) is -2.89. The van der Waals surface area contributed by atoms with Crippen molar-refractivity contribution in [3.63, 3.8) is 0 Å². The third kappa shape index (κ3) is 24.0. The maximum atomic E-state index is 13.8. The molecule has 0 saturated heterocycles. The van der Waals surface area contributed by atoms with E-state index in [1.807, 2.05) is 0 Å². The first-order valence-corrected chi connectivity index (χ1v) is 27.1. The number of amides is 5. The number of nitrogens with one attached hydrogen (secondary N) is 8. The maximum Gasteiger partial charge on any atom is 0.328 e. The number of pyridine rings is 1. The number of thiocarbonyl (C=S) groups is 1. The monoisotopic (exact) mass is 1360 g/mol. The van der Waals surface area contributed by atoms with E-state index in [0.29, 0.717) is 28.3 Å². The Labute approximate surface area is 530 Å². The molecule has 0 aliphatic carbocycles. The number of anilines is 1. The Morgan fingerprint density at radius 3 is 1.73 bits per heavy atom. The molecule has 15 N–H and O–H groups in total. The Bertz CT molecular complexity index is 2970. The van der Waals surface area contributed by atoms with Gasteiger partial charge in [0.05, 0.1) is 50.4 Å². The largest absolute Gasteiger partial charge is 0.481 e. The van der Waals surface area contributed by atoms with E-state index in [0.717, 1.165) is 5.56 Å². The van der Waals surface area contributed by atoms with Crippen LogP contribution < -0.4 is 37.2 Å². The minimum atomic E-state index is -1.75. The Balaban J connectivity index is 0.0000158. The minimum Gasteiger partial charge on any atom is -0.481 e. The average Bonchev–Trinajstić information content (AvgIpc) is 4.10. The summed E-state index contributed by atoms with van der Waals surface area (Å²) in [4.78, 5) is 144. The first-order valence-electron chi connectivity index (χ1n) is 26.7. The van der Waals surface area contributed by atoms with Gasteiger partial charge in [-0.3, -0.25) is 62.8 Å². The van der Waals surface area contributed by atoms with E-state index >= 15 is 0 Å². The summed E-state index contributed by atoms with van der Waals surface area (Å²) in [5, 5.41) is 85.5. The van der Waals surface area contributed by atoms with Gasteiger partial charge in [-0.2, -0.15) is 0 Å². The molecule has 86 heavy (non-hydrogen) atoms. The first kappa shape index (κ1) is 70.8. The molecule has 5 amide bonds. The molecule has 5 rings (SSSR count). The summed E-state index contributed by atoms with van der Waals surface area (Å²) in [6, 6.07) is 9.61. The second-order valence-corrected chi connectivity index (χ2v) is 20.3. The third-order valence-corrected chi connectivity index (χ3v) is 13.5. The van der Waals surface area contributed by atoms with E-state index in [-0.39, 0.29) is 123 Å². The van der Waals surface area contributed by atoms with Crippen LogP contribution in [0.3, 0.4) is 0 Å². The van der Waals surface area contributed by atoms with Crippen molar-refractivity contribution < 1.29 is 124 Å². The van der Waals surface area contributed by atoms with Crippen LogP contribution in [0.4, 0.5) is 5.69 Å². The van der Waals surface area contributed by atoms with E-state index < -0.39 is 121 Å². The zero-order chi connectivity index (χ0) is 62.2. The van der Waals surface area contributed by atoms with Gasteiger partial charge in [-0.1, -0.05) is 48.5 Å². The van der Waals surface area contributed by atoms with Gasteiger partial charge in [-0.05, 0) is 67.4 Å². The molecule has 1 aliphatic heterocycles. The molecule has 2 aromatic carbocycles. The van der Waals surface area contributed by atoms with Gasteiger partial charge in [0.25, 0.3) is 0 Å². The Hall–Kier alpha value is -7.69. The van der Waals surface area contributed by atoms with Crippen molar-refractivity contribution >= 4 is 82.4 Å². The topological polar surface area (TPSA) is 448 Å². The van der Waals surface area contributed by atoms with E-state index in [9.17, 15) is 83.7 Å². The van der Waals surface area contributed by atoms with Crippen molar-refractivity contribution in [2.24, 2.45) is 0 Å². The number of carboxylic acids is 5. The molecule has 0 spiro atoms. The minimum absolute atomic E-state index is 0. The van der Waals surface area contributed by atoms with Gasteiger partial charge in [0.15, 0.2) is 5.11 Å². The zero-order valence-electron chi connectivity index (χ0n) is 46.4. The molecule has 7 atom stereocenters. The SMILES string of the molecule is C[C@H](NC(=O)[C@H](CC(=O)O)NC(=S)Nc1ccc(CCC(C(=O)O)N2CCN(CC(=O)O)CCN(CC(=O)O)Cc3cccc(n3)C2)cc1)C(=O)N[C@@H](Cc1cnc[nH]1)C(=O)N[C@@H](CO)C(=O)N[C@@H](Cc1ccccc1)C(=O)N[C@@H](CO)C(=O)O.[Gd]. The summed E-state index contributed by atoms with van der Waals surface area (Å²) in [6.07, 6.45) is 1.76. The van der Waals surface area contributed by atoms with E-state index in [4.69, 9.17) is 12.2 Å². The van der Waals surface area contributed by atoms with Crippen LogP contribution in [0.2, 0.25) is 0 Å². The Morgan fingerprint density at radius 2 is 1.14 bits per heavy atom. The van der Waals surface area contributed by atoms with Crippen molar-refractivity contribution in [3.05, 3.63) is 114 Å². The summed E-state index contributed by atoms with van der Waals surface area (Å²) < 4.78 is 0. The van der Waals surface area contributed by atoms with Gasteiger partial charge in [-0.15, -0.1) is 0 Å². The molecule has 32 heteroatoms. The zero-order valence-corrected chi connectivity index (χ0v) is 49.5. The van der Waals surface area contributed by atoms with Crippen molar-refractivity contribution in [1.29, 1.82) is 0 Å². The van der Waals surface area contributed by atoms with Gasteiger partial charge < -0.3 is 77.9 Å². The molecule has 2 bridgehead atoms. The number of H-pyrrole nitrogens is 1. The standard InChI is InChI=1S/C54H69N13O17S.Gd/c1-31(47(76)60-39(21-37-23-55-30-56-37)50(79)62-41(28-68)51(80)61-38(20-33-6-3-2-4-7-33)49(78)63-42(29-69)52(81)82)57-48(77)40(22-44(70)71)64-54(85)59-34-13-10-32(11-14-34)12-15-43(53(83)84)67-19-18-65(26-45(72)73)16-17-66(27-46(74)75)24-35-8-5-9-36(25-67)58-35;/h2-11,13-14,23,30-31,38-43,68-69H,12,15-22,24-29H2,1H3,(H,55,56)(H,57,77)(H,60,76)(H,61,80)(H,62,79)(H,63,78)(H,70,71)(H,72,73)(H,74,75)(H,81,82)(H,83,84)(H2,59,64,85);/t31-,38-,39-,40-,41-,42-,43?;/m0./s1. The quantitative estimate of drug-likeness (QED) is 0.0233. The number of fused-ring (bicyclic) bond motifs is 2. The van der Waals surface area contributed by atoms with Crippen molar-refractivity contribution in [2.75, 3.05) is 57.8 Å². The summed E-state index contributed by atoms with van der Waals surface area (Å²) in [7, 11) is 0. The van der Waals surface area contributed by atoms with Gasteiger partial charge in [0.1, 0.15) is 42.3 Å². The number of aryl methyl sites for hydroxylation is 1. The number of aromatic nitrogens is 3. The van der Waals surface area contributed by atoms with Crippen LogP contribution >= 0.6 is 12.2 Å². The number of carboxylic acid groups (broad SMARTS) is 5. The molecule has 4 aromatic rings. The number of nitrogens with zero attached hydrogens (tertiary/aromatic N) is 5. The van der Waals surface area contributed by atoms with Crippen LogP contribution in [0, 0.1) is 39.9 Å². The number of imidazole rings is 1. The molecule has 30 nitrogen and oxygen atoms in total. The molecule has 1 unspecified atom stereocenters. The number of rotatable bonds is 30. The fourth-order valence-electron chi connectivity index (χ4n) is 8.89. The first-order chi connectivity index (χ1) is 40.5. The van der Waals surface area contributed by atoms with Crippen molar-refractivity contribution in [1.82, 2.24) is 61.6 Å². The molecule has 0 radical (unpaired) electrons. The van der Waals surface area contributed by atoms with Crippen LogP contribution in [0.15, 0.2) is 85.3 Å². The van der Waals surface area contributed by atoms with Crippen molar-refractivity contribution in [2.45, 2.75) is 94.4 Å². The van der Waals surface area contributed by atoms with Crippen LogP contribution in [0.5, 0.6) is 0 Å². The molecule has 3 heterocycles. The van der Waals surface area contributed by atoms with Crippen LogP contribution in [-0.4, -0.2) is 225 Å². The van der Waals surface area contributed by atoms with Gasteiger partial charge in [-0.25, -0.2) is 9.78 Å². The number of benzene rings is 2. The van der Waals surface area contributed by atoms with Crippen LogP contribution in [-0.2, 0) is 80.3 Å². The average molecular weight is 1360 g/mol. The van der Waals surface area contributed by atoms with Gasteiger partial charge >= 0.3 is 29.8 Å². The fraction of sp³-hybridized carbons (Fsp3) is 0.426. The number of hydrogen-bond acceptors (Lipinski definition) is 18. The number of aliphatic carboxylic acids is 5. The van der Waals surface area contributed by atoms with Gasteiger partial charge in [0.2, 0.25) is 29.5 Å². The molecular weight excluding hydrogens is 1290 g/mol. The summed E-state index contributed by atoms with van der Waals surface area (Å²) in [5.74, 6) is -11.3. The predicted molar refractivity (Wildman–Crippen MR) is 303 cm³/mol. The second kappa shape index (κ2) is 35.7. The van der Waals surface area contributed by atoms with Crippen molar-refractivity contribution in [3.8, 4) is 0 Å². The fourth-order valence-corrected chi connectivity index (χ4v) is 9.15. The summed E-state index contributed by atoms with van der Waals surface area (Å²) >= 11 is 5.43. The number of aromatic amines is 1. The molecule has 1 aliphatic rings. The number of aliphatic hydroxyl groups is 2. The van der Waals surface area contributed by atoms with Crippen LogP contribution in [0.1, 0.15) is 48.0 Å². The Kier molecular flexibility index (Phi) is 29.4. The molecule has 2 aromatic heterocycles. The number of carbonyl (C=O) groups excluding carboxylic acids is 5. The summed E-state index contributed by atoms with van der Waals surface area (Å²) in [5.41, 5.74) is 3.07.